The molecule has 0 aromatic heterocycles. The highest BCUT2D eigenvalue weighted by Gasteiger charge is 2.68. The minimum absolute atomic E-state index is 0.678. The molecule has 2 radical (unpaired) electrons. The largest absolute Gasteiger partial charge is 0.135 e. The van der Waals surface area contributed by atoms with Crippen LogP contribution in [0.5, 0.6) is 0 Å². The monoisotopic (exact) mass is 1020 g/mol. The van der Waals surface area contributed by atoms with Crippen LogP contribution in [0.1, 0.15) is 0 Å². The standard InChI is InChI=1S/C6Br12/c7-1(8)3(11,12)5(15,16)6(17,18)4(13,14)2(9)10. The molecule has 0 heterocycles. The first-order chi connectivity index (χ1) is 7.64. The molecule has 0 rings (SSSR count). The van der Waals surface area contributed by atoms with E-state index in [0.717, 1.165) is 7.47 Å². The van der Waals surface area contributed by atoms with Crippen LogP contribution in [0.3, 0.4) is 0 Å². The van der Waals surface area contributed by atoms with E-state index in [4.69, 9.17) is 0 Å². The van der Waals surface area contributed by atoms with Crippen molar-refractivity contribution in [3.8, 4) is 0 Å². The molecule has 0 aromatic carbocycles. The second-order valence-corrected chi connectivity index (χ2v) is 21.9. The van der Waals surface area contributed by atoms with Crippen LogP contribution in [0.25, 0.3) is 0 Å². The second-order valence-electron chi connectivity index (χ2n) is 2.82. The molecule has 0 fully saturated rings. The summed E-state index contributed by atoms with van der Waals surface area (Å²) in [6.45, 7) is 0. The summed E-state index contributed by atoms with van der Waals surface area (Å²) in [5.74, 6) is 0. The predicted octanol–water partition coefficient (Wildman–Crippen LogP) is 9.49. The quantitative estimate of drug-likeness (QED) is 0.241. The van der Waals surface area contributed by atoms with Crippen molar-refractivity contribution in [1.82, 2.24) is 0 Å². The Morgan fingerprint density at radius 3 is 0.722 bits per heavy atom. The summed E-state index contributed by atoms with van der Waals surface area (Å²) in [5, 5.41) is 0. The van der Waals surface area contributed by atoms with Gasteiger partial charge in [-0.1, -0.05) is 191 Å². The second kappa shape index (κ2) is 8.43. The summed E-state index contributed by atoms with van der Waals surface area (Å²) >= 11 is 42.7. The zero-order chi connectivity index (χ0) is 15.2. The molecule has 108 valence electrons. The number of hydrogen-bond donors (Lipinski definition) is 0. The molecule has 0 amide bonds. The fraction of sp³-hybridized carbons (Fsp3) is 0.667. The zero-order valence-electron chi connectivity index (χ0n) is 7.54. The molecule has 0 saturated carbocycles. The van der Waals surface area contributed by atoms with E-state index in [-0.39, 0.29) is 0 Å². The zero-order valence-corrected chi connectivity index (χ0v) is 26.6. The van der Waals surface area contributed by atoms with Crippen LogP contribution >= 0.6 is 191 Å². The van der Waals surface area contributed by atoms with Crippen LogP contribution in [-0.4, -0.2) is 12.9 Å². The Balaban J connectivity index is 5.74. The van der Waals surface area contributed by atoms with Gasteiger partial charge in [-0.2, -0.15) is 0 Å². The van der Waals surface area contributed by atoms with E-state index in [0.29, 0.717) is 0 Å². The van der Waals surface area contributed by atoms with Crippen molar-refractivity contribution in [3.63, 3.8) is 0 Å². The van der Waals surface area contributed by atoms with Gasteiger partial charge in [-0.25, -0.2) is 0 Å². The van der Waals surface area contributed by atoms with Crippen molar-refractivity contribution in [3.05, 3.63) is 7.47 Å². The van der Waals surface area contributed by atoms with Gasteiger partial charge in [0, 0.05) is 0 Å². The van der Waals surface area contributed by atoms with Gasteiger partial charge < -0.3 is 0 Å². The molecule has 0 aliphatic rings. The van der Waals surface area contributed by atoms with Gasteiger partial charge in [-0.05, 0) is 0 Å². The SMILES string of the molecule is Br[C](Br)C(Br)(Br)C(Br)(Br)C(Br)(Br)C(Br)(Br)[C](Br)Br. The Labute approximate surface area is 207 Å². The third kappa shape index (κ3) is 4.68. The van der Waals surface area contributed by atoms with Gasteiger partial charge in [0.15, 0.2) is 0 Å². The first-order valence-electron chi connectivity index (χ1n) is 3.52. The minimum atomic E-state index is -0.734. The highest BCUT2D eigenvalue weighted by Crippen LogP contribution is 2.72. The van der Waals surface area contributed by atoms with Gasteiger partial charge >= 0.3 is 0 Å². The van der Waals surface area contributed by atoms with E-state index in [1.165, 1.54) is 0 Å². The van der Waals surface area contributed by atoms with Crippen molar-refractivity contribution >= 4 is 191 Å². The van der Waals surface area contributed by atoms with Crippen LogP contribution in [0.15, 0.2) is 0 Å². The number of halogens is 12. The lowest BCUT2D eigenvalue weighted by Crippen LogP contribution is -2.56. The fourth-order valence-corrected chi connectivity index (χ4v) is 9.25. The van der Waals surface area contributed by atoms with Crippen molar-refractivity contribution in [2.24, 2.45) is 0 Å². The van der Waals surface area contributed by atoms with Gasteiger partial charge in [0.05, 0.1) is 0 Å². The van der Waals surface area contributed by atoms with Crippen molar-refractivity contribution in [2.45, 2.75) is 12.9 Å². The lowest BCUT2D eigenvalue weighted by molar-refractivity contribution is 0.730. The van der Waals surface area contributed by atoms with Crippen LogP contribution in [0, 0.1) is 7.47 Å². The molecule has 0 aromatic rings. The van der Waals surface area contributed by atoms with Gasteiger partial charge in [-0.15, -0.1) is 0 Å². The first-order valence-corrected chi connectivity index (χ1v) is 13.0. The number of rotatable bonds is 5. The molecule has 0 N–H and O–H groups in total. The molecule has 0 aliphatic heterocycles. The van der Waals surface area contributed by atoms with Gasteiger partial charge in [0.25, 0.3) is 0 Å². The molecule has 18 heavy (non-hydrogen) atoms. The highest BCUT2D eigenvalue weighted by atomic mass is 79.9. The predicted molar refractivity (Wildman–Crippen MR) is 125 cm³/mol. The summed E-state index contributed by atoms with van der Waals surface area (Å²) in [7, 11) is 0. The van der Waals surface area contributed by atoms with Crippen LogP contribution in [0.4, 0.5) is 0 Å². The van der Waals surface area contributed by atoms with E-state index in [1.807, 2.05) is 0 Å². The summed E-state index contributed by atoms with van der Waals surface area (Å²) in [5.41, 5.74) is 0. The average Bonchev–Trinajstić information content (AvgIpc) is 2.15. The Kier molecular flexibility index (Phi) is 11.1. The van der Waals surface area contributed by atoms with Crippen molar-refractivity contribution < 1.29 is 0 Å². The molecule has 0 aliphatic carbocycles. The Bertz CT molecular complexity index is 261. The number of hydrogen-bond acceptors (Lipinski definition) is 0. The summed E-state index contributed by atoms with van der Waals surface area (Å²) in [6.07, 6.45) is 0. The van der Waals surface area contributed by atoms with Gasteiger partial charge in [0.2, 0.25) is 0 Å². The van der Waals surface area contributed by atoms with Crippen LogP contribution in [0.2, 0.25) is 0 Å². The topological polar surface area (TPSA) is 0 Å². The molecular weight excluding hydrogens is 1030 g/mol. The minimum Gasteiger partial charge on any atom is -0.0675 e. The lowest BCUT2D eigenvalue weighted by atomic mass is 10.2. The van der Waals surface area contributed by atoms with Gasteiger partial charge in [0.1, 0.15) is 20.4 Å². The molecule has 0 nitrogen and oxygen atoms in total. The summed E-state index contributed by atoms with van der Waals surface area (Å²) in [6, 6.07) is 0. The van der Waals surface area contributed by atoms with E-state index in [2.05, 4.69) is 191 Å². The van der Waals surface area contributed by atoms with Crippen LogP contribution in [-0.2, 0) is 0 Å². The molecule has 0 saturated heterocycles. The van der Waals surface area contributed by atoms with Gasteiger partial charge in [-0.3, -0.25) is 0 Å². The summed E-state index contributed by atoms with van der Waals surface area (Å²) in [4.78, 5) is 0. The molecule has 0 atom stereocenters. The lowest BCUT2D eigenvalue weighted by Gasteiger charge is -2.49. The summed E-state index contributed by atoms with van der Waals surface area (Å²) < 4.78 is -1.32. The number of alkyl halides is 8. The van der Waals surface area contributed by atoms with Crippen LogP contribution < -0.4 is 0 Å². The van der Waals surface area contributed by atoms with E-state index in [1.54, 1.807) is 0 Å². The maximum atomic E-state index is 3.66. The molecule has 12 heteroatoms. The van der Waals surface area contributed by atoms with Crippen molar-refractivity contribution in [2.75, 3.05) is 0 Å². The van der Waals surface area contributed by atoms with Crippen molar-refractivity contribution in [1.29, 1.82) is 0 Å². The van der Waals surface area contributed by atoms with E-state index < -0.39 is 12.9 Å². The van der Waals surface area contributed by atoms with E-state index >= 15 is 0 Å². The first kappa shape index (κ1) is 23.8. The average molecular weight is 1030 g/mol. The third-order valence-electron chi connectivity index (χ3n) is 1.66. The molecule has 0 bridgehead atoms. The Morgan fingerprint density at radius 2 is 0.611 bits per heavy atom. The Hall–Kier alpha value is 5.76. The molecule has 0 spiro atoms. The maximum Gasteiger partial charge on any atom is 0.135 e. The maximum absolute atomic E-state index is 3.66. The third-order valence-corrected chi connectivity index (χ3v) is 23.4. The smallest absolute Gasteiger partial charge is 0.0675 e. The highest BCUT2D eigenvalue weighted by molar-refractivity contribution is 9.36. The normalized spacial score (nSPS) is 15.7. The molecule has 0 unspecified atom stereocenters. The molecular formula is C6Br12. The van der Waals surface area contributed by atoms with E-state index in [9.17, 15) is 0 Å². The fourth-order valence-electron chi connectivity index (χ4n) is 0.632. The Morgan fingerprint density at radius 1 is 0.444 bits per heavy atom.